The summed E-state index contributed by atoms with van der Waals surface area (Å²) in [5.41, 5.74) is -0.0872. The molecule has 21 heavy (non-hydrogen) atoms. The minimum atomic E-state index is -0.612. The van der Waals surface area contributed by atoms with E-state index >= 15 is 0 Å². The molecule has 1 N–H and O–H groups in total. The standard InChI is InChI=1S/C13H10ClN3O4/c1-16-7-8(2-5-12(16)18)15-13(19)10-6-9(17(20)21)3-4-11(10)14/h2-7H,1H3,(H,15,19). The van der Waals surface area contributed by atoms with Gasteiger partial charge in [-0.25, -0.2) is 0 Å². The van der Waals surface area contributed by atoms with Gasteiger partial charge < -0.3 is 9.88 Å². The Morgan fingerprint density at radius 1 is 1.33 bits per heavy atom. The molecule has 1 aromatic carbocycles. The van der Waals surface area contributed by atoms with Gasteiger partial charge in [-0.15, -0.1) is 0 Å². The number of nitrogens with zero attached hydrogens (tertiary/aromatic N) is 2. The van der Waals surface area contributed by atoms with Crippen molar-refractivity contribution in [2.75, 3.05) is 5.32 Å². The van der Waals surface area contributed by atoms with Crippen LogP contribution in [0.3, 0.4) is 0 Å². The highest BCUT2D eigenvalue weighted by Crippen LogP contribution is 2.23. The lowest BCUT2D eigenvalue weighted by Crippen LogP contribution is -2.18. The Morgan fingerprint density at radius 3 is 2.67 bits per heavy atom. The van der Waals surface area contributed by atoms with Crippen LogP contribution < -0.4 is 10.9 Å². The summed E-state index contributed by atoms with van der Waals surface area (Å²) in [6.07, 6.45) is 1.44. The monoisotopic (exact) mass is 307 g/mol. The summed E-state index contributed by atoms with van der Waals surface area (Å²) in [6.45, 7) is 0. The van der Waals surface area contributed by atoms with E-state index < -0.39 is 10.8 Å². The average molecular weight is 308 g/mol. The van der Waals surface area contributed by atoms with Crippen molar-refractivity contribution < 1.29 is 9.72 Å². The van der Waals surface area contributed by atoms with E-state index in [1.54, 1.807) is 7.05 Å². The summed E-state index contributed by atoms with van der Waals surface area (Å²) in [7, 11) is 1.54. The van der Waals surface area contributed by atoms with E-state index in [2.05, 4.69) is 5.32 Å². The number of rotatable bonds is 3. The number of carbonyl (C=O) groups excluding carboxylic acids is 1. The highest BCUT2D eigenvalue weighted by molar-refractivity contribution is 6.34. The molecule has 0 aliphatic heterocycles. The van der Waals surface area contributed by atoms with E-state index in [1.807, 2.05) is 0 Å². The first-order valence-electron chi connectivity index (χ1n) is 5.80. The Labute approximate surface area is 123 Å². The third kappa shape index (κ3) is 3.26. The number of nitrogens with one attached hydrogen (secondary N) is 1. The van der Waals surface area contributed by atoms with E-state index in [1.165, 1.54) is 35.0 Å². The molecule has 0 bridgehead atoms. The van der Waals surface area contributed by atoms with Crippen LogP contribution in [0.25, 0.3) is 0 Å². The van der Waals surface area contributed by atoms with E-state index in [0.717, 1.165) is 6.07 Å². The van der Waals surface area contributed by atoms with Gasteiger partial charge in [0.15, 0.2) is 0 Å². The lowest BCUT2D eigenvalue weighted by molar-refractivity contribution is -0.384. The van der Waals surface area contributed by atoms with E-state index in [9.17, 15) is 19.7 Å². The van der Waals surface area contributed by atoms with Gasteiger partial charge in [0.1, 0.15) is 0 Å². The largest absolute Gasteiger partial charge is 0.321 e. The van der Waals surface area contributed by atoms with Crippen LogP contribution in [0.15, 0.2) is 41.3 Å². The molecule has 0 saturated carbocycles. The number of anilines is 1. The Kier molecular flexibility index (Phi) is 4.04. The van der Waals surface area contributed by atoms with Crippen molar-refractivity contribution in [2.45, 2.75) is 0 Å². The molecule has 0 radical (unpaired) electrons. The molecule has 7 nitrogen and oxygen atoms in total. The molecule has 2 aromatic rings. The van der Waals surface area contributed by atoms with E-state index in [0.29, 0.717) is 5.69 Å². The zero-order valence-electron chi connectivity index (χ0n) is 10.9. The Bertz CT molecular complexity index is 785. The first-order valence-corrected chi connectivity index (χ1v) is 6.18. The number of nitro groups is 1. The number of amides is 1. The molecule has 1 amide bonds. The van der Waals surface area contributed by atoms with Crippen LogP contribution in [0.4, 0.5) is 11.4 Å². The number of hydrogen-bond acceptors (Lipinski definition) is 4. The molecule has 2 rings (SSSR count). The molecule has 8 heteroatoms. The second kappa shape index (κ2) is 5.76. The predicted octanol–water partition coefficient (Wildman–Crippen LogP) is 2.20. The maximum Gasteiger partial charge on any atom is 0.270 e. The summed E-state index contributed by atoms with van der Waals surface area (Å²) < 4.78 is 1.30. The zero-order valence-corrected chi connectivity index (χ0v) is 11.6. The van der Waals surface area contributed by atoms with Gasteiger partial charge in [0.2, 0.25) is 5.56 Å². The van der Waals surface area contributed by atoms with Crippen molar-refractivity contribution in [1.82, 2.24) is 4.57 Å². The van der Waals surface area contributed by atoms with Gasteiger partial charge in [0.25, 0.3) is 11.6 Å². The highest BCUT2D eigenvalue weighted by atomic mass is 35.5. The number of carbonyl (C=O) groups is 1. The normalized spacial score (nSPS) is 10.2. The number of aromatic nitrogens is 1. The van der Waals surface area contributed by atoms with Gasteiger partial charge in [0.05, 0.1) is 21.2 Å². The van der Waals surface area contributed by atoms with Crippen LogP contribution in [0.5, 0.6) is 0 Å². The summed E-state index contributed by atoms with van der Waals surface area (Å²) in [5.74, 6) is -0.595. The Hall–Kier alpha value is -2.67. The van der Waals surface area contributed by atoms with E-state index in [4.69, 9.17) is 11.6 Å². The quantitative estimate of drug-likeness (QED) is 0.694. The fourth-order valence-corrected chi connectivity index (χ4v) is 1.87. The molecule has 0 spiro atoms. The Morgan fingerprint density at radius 2 is 2.05 bits per heavy atom. The number of halogens is 1. The lowest BCUT2D eigenvalue weighted by atomic mass is 10.2. The molecule has 1 heterocycles. The minimum absolute atomic E-state index is 0.0141. The van der Waals surface area contributed by atoms with Gasteiger partial charge in [-0.05, 0) is 12.1 Å². The molecular formula is C13H10ClN3O4. The molecule has 0 atom stereocenters. The van der Waals surface area contributed by atoms with Gasteiger partial charge in [-0.1, -0.05) is 11.6 Å². The van der Waals surface area contributed by atoms with Crippen LogP contribution in [0.1, 0.15) is 10.4 Å². The molecular weight excluding hydrogens is 298 g/mol. The van der Waals surface area contributed by atoms with Crippen molar-refractivity contribution in [3.63, 3.8) is 0 Å². The first-order chi connectivity index (χ1) is 9.88. The smallest absolute Gasteiger partial charge is 0.270 e. The van der Waals surface area contributed by atoms with Gasteiger partial charge >= 0.3 is 0 Å². The first kappa shape index (κ1) is 14.7. The molecule has 1 aromatic heterocycles. The SMILES string of the molecule is Cn1cc(NC(=O)c2cc([N+](=O)[O-])ccc2Cl)ccc1=O. The minimum Gasteiger partial charge on any atom is -0.321 e. The highest BCUT2D eigenvalue weighted by Gasteiger charge is 2.16. The van der Waals surface area contributed by atoms with Crippen molar-refractivity contribution in [1.29, 1.82) is 0 Å². The van der Waals surface area contributed by atoms with Crippen molar-refractivity contribution in [2.24, 2.45) is 7.05 Å². The molecule has 0 fully saturated rings. The fourth-order valence-electron chi connectivity index (χ4n) is 1.67. The zero-order chi connectivity index (χ0) is 15.6. The van der Waals surface area contributed by atoms with Gasteiger partial charge in [-0.2, -0.15) is 0 Å². The third-order valence-electron chi connectivity index (χ3n) is 2.75. The maximum absolute atomic E-state index is 12.1. The van der Waals surface area contributed by atoms with E-state index in [-0.39, 0.29) is 21.8 Å². The second-order valence-corrected chi connectivity index (χ2v) is 4.65. The number of hydrogen-bond donors (Lipinski definition) is 1. The number of pyridine rings is 1. The third-order valence-corrected chi connectivity index (χ3v) is 3.08. The van der Waals surface area contributed by atoms with Gasteiger partial charge in [0, 0.05) is 31.4 Å². The van der Waals surface area contributed by atoms with Crippen LogP contribution in [0.2, 0.25) is 5.02 Å². The molecule has 0 saturated heterocycles. The van der Waals surface area contributed by atoms with Crippen LogP contribution in [0, 0.1) is 10.1 Å². The lowest BCUT2D eigenvalue weighted by Gasteiger charge is -2.07. The van der Waals surface area contributed by atoms with Gasteiger partial charge in [-0.3, -0.25) is 19.7 Å². The molecule has 0 aliphatic carbocycles. The number of benzene rings is 1. The second-order valence-electron chi connectivity index (χ2n) is 4.24. The summed E-state index contributed by atoms with van der Waals surface area (Å²) in [5, 5.41) is 13.3. The summed E-state index contributed by atoms with van der Waals surface area (Å²) in [6, 6.07) is 6.33. The van der Waals surface area contributed by atoms with Crippen molar-refractivity contribution in [3.05, 3.63) is 67.6 Å². The average Bonchev–Trinajstić information content (AvgIpc) is 2.43. The molecule has 0 unspecified atom stereocenters. The number of non-ortho nitro benzene ring substituents is 1. The number of aryl methyl sites for hydroxylation is 1. The fraction of sp³-hybridized carbons (Fsp3) is 0.0769. The van der Waals surface area contributed by atoms with Crippen LogP contribution in [-0.2, 0) is 7.05 Å². The summed E-state index contributed by atoms with van der Waals surface area (Å²) >= 11 is 5.88. The summed E-state index contributed by atoms with van der Waals surface area (Å²) in [4.78, 5) is 33.5. The maximum atomic E-state index is 12.1. The number of nitro benzene ring substituents is 1. The molecule has 108 valence electrons. The van der Waals surface area contributed by atoms with Crippen molar-refractivity contribution in [3.8, 4) is 0 Å². The molecule has 0 aliphatic rings. The van der Waals surface area contributed by atoms with Crippen LogP contribution >= 0.6 is 11.6 Å². The predicted molar refractivity (Wildman–Crippen MR) is 77.7 cm³/mol. The topological polar surface area (TPSA) is 94.2 Å². The van der Waals surface area contributed by atoms with Crippen LogP contribution in [-0.4, -0.2) is 15.4 Å². The Balaban J connectivity index is 2.31. The van der Waals surface area contributed by atoms with Crippen molar-refractivity contribution >= 4 is 28.9 Å².